The Morgan fingerprint density at radius 3 is 2.23 bits per heavy atom. The molecular formula is C24H15Cl2FN2O2. The summed E-state index contributed by atoms with van der Waals surface area (Å²) in [5.41, 5.74) is 3.21. The van der Waals surface area contributed by atoms with Gasteiger partial charge < -0.3 is 4.90 Å². The fourth-order valence-electron chi connectivity index (χ4n) is 4.12. The number of hydrogen-bond donors (Lipinski definition) is 0. The van der Waals surface area contributed by atoms with Crippen molar-refractivity contribution < 1.29 is 14.0 Å². The number of benzene rings is 3. The number of halogens is 3. The summed E-state index contributed by atoms with van der Waals surface area (Å²) in [6.07, 6.45) is 0.751. The second kappa shape index (κ2) is 7.52. The van der Waals surface area contributed by atoms with Gasteiger partial charge in [0.1, 0.15) is 11.5 Å². The molecule has 3 aromatic carbocycles. The van der Waals surface area contributed by atoms with Gasteiger partial charge in [0.05, 0.1) is 11.3 Å². The van der Waals surface area contributed by atoms with Gasteiger partial charge in [-0.1, -0.05) is 53.5 Å². The largest absolute Gasteiger partial charge is 0.336 e. The summed E-state index contributed by atoms with van der Waals surface area (Å²) in [6, 6.07) is 17.9. The van der Waals surface area contributed by atoms with E-state index in [2.05, 4.69) is 0 Å². The van der Waals surface area contributed by atoms with Gasteiger partial charge >= 0.3 is 0 Å². The van der Waals surface area contributed by atoms with Crippen LogP contribution in [-0.2, 0) is 16.0 Å². The van der Waals surface area contributed by atoms with Crippen molar-refractivity contribution in [2.24, 2.45) is 0 Å². The van der Waals surface area contributed by atoms with Crippen LogP contribution in [0.3, 0.4) is 0 Å². The molecule has 0 bridgehead atoms. The molecule has 0 radical (unpaired) electrons. The molecule has 4 nitrogen and oxygen atoms in total. The molecule has 7 heteroatoms. The zero-order chi connectivity index (χ0) is 21.7. The molecule has 0 aliphatic carbocycles. The minimum Gasteiger partial charge on any atom is -0.336 e. The summed E-state index contributed by atoms with van der Waals surface area (Å²) in [5.74, 6) is -1.40. The van der Waals surface area contributed by atoms with E-state index in [1.165, 1.54) is 42.5 Å². The molecule has 0 aromatic heterocycles. The Morgan fingerprint density at radius 1 is 0.839 bits per heavy atom. The number of imide groups is 1. The maximum Gasteiger partial charge on any atom is 0.282 e. The van der Waals surface area contributed by atoms with Crippen LogP contribution < -0.4 is 9.80 Å². The number of fused-ring (bicyclic) bond motifs is 1. The van der Waals surface area contributed by atoms with Gasteiger partial charge in [0.25, 0.3) is 11.8 Å². The number of carbonyl (C=O) groups excluding carboxylic acids is 2. The summed E-state index contributed by atoms with van der Waals surface area (Å²) in [4.78, 5) is 30.1. The van der Waals surface area contributed by atoms with Crippen LogP contribution in [0.1, 0.15) is 11.1 Å². The third kappa shape index (κ3) is 3.30. The smallest absolute Gasteiger partial charge is 0.282 e. The van der Waals surface area contributed by atoms with E-state index in [0.717, 1.165) is 22.6 Å². The van der Waals surface area contributed by atoms with Crippen LogP contribution in [-0.4, -0.2) is 18.4 Å². The summed E-state index contributed by atoms with van der Waals surface area (Å²) in [7, 11) is 0. The Kier molecular flexibility index (Phi) is 4.80. The first kappa shape index (κ1) is 19.8. The van der Waals surface area contributed by atoms with E-state index in [0.29, 0.717) is 22.2 Å². The predicted molar refractivity (Wildman–Crippen MR) is 120 cm³/mol. The van der Waals surface area contributed by atoms with Gasteiger partial charge in [0, 0.05) is 22.3 Å². The zero-order valence-electron chi connectivity index (χ0n) is 16.1. The van der Waals surface area contributed by atoms with Crippen molar-refractivity contribution in [2.45, 2.75) is 6.42 Å². The van der Waals surface area contributed by atoms with Crippen molar-refractivity contribution in [3.8, 4) is 0 Å². The molecule has 2 aliphatic rings. The highest BCUT2D eigenvalue weighted by atomic mass is 35.5. The topological polar surface area (TPSA) is 40.6 Å². The van der Waals surface area contributed by atoms with Crippen molar-refractivity contribution in [3.05, 3.63) is 99.4 Å². The number of carbonyl (C=O) groups is 2. The van der Waals surface area contributed by atoms with E-state index in [4.69, 9.17) is 23.2 Å². The summed E-state index contributed by atoms with van der Waals surface area (Å²) in [5, 5.41) is 0.623. The molecule has 2 aliphatic heterocycles. The molecule has 5 rings (SSSR count). The average Bonchev–Trinajstić information content (AvgIpc) is 3.26. The lowest BCUT2D eigenvalue weighted by molar-refractivity contribution is -0.120. The third-order valence-corrected chi connectivity index (χ3v) is 5.89. The first-order chi connectivity index (χ1) is 14.9. The molecule has 3 aromatic rings. The third-order valence-electron chi connectivity index (χ3n) is 5.45. The molecule has 0 N–H and O–H groups in total. The highest BCUT2D eigenvalue weighted by Crippen LogP contribution is 2.40. The van der Waals surface area contributed by atoms with Gasteiger partial charge in [0.2, 0.25) is 0 Å². The first-order valence-corrected chi connectivity index (χ1v) is 10.4. The maximum atomic E-state index is 13.6. The van der Waals surface area contributed by atoms with Crippen LogP contribution in [0.5, 0.6) is 0 Å². The van der Waals surface area contributed by atoms with Crippen LogP contribution in [0.25, 0.3) is 5.57 Å². The fraction of sp³-hybridized carbons (Fsp3) is 0.0833. The highest BCUT2D eigenvalue weighted by molar-refractivity contribution is 6.47. The minimum atomic E-state index is -0.505. The van der Waals surface area contributed by atoms with Crippen LogP contribution in [0.2, 0.25) is 10.0 Å². The monoisotopic (exact) mass is 452 g/mol. The number of anilines is 2. The van der Waals surface area contributed by atoms with Gasteiger partial charge in [0.15, 0.2) is 0 Å². The molecular weight excluding hydrogens is 438 g/mol. The standard InChI is InChI=1S/C24H15Cl2FN2O2/c25-16-11-17(26)13-19(12-16)29-23(30)21(15-5-7-18(27)8-6-15)22(24(29)31)28-10-9-14-3-1-2-4-20(14)28/h1-8,11-13H,9-10H2. The van der Waals surface area contributed by atoms with Crippen molar-refractivity contribution in [3.63, 3.8) is 0 Å². The Bertz CT molecular complexity index is 1250. The van der Waals surface area contributed by atoms with Gasteiger partial charge in [-0.25, -0.2) is 9.29 Å². The summed E-state index contributed by atoms with van der Waals surface area (Å²) >= 11 is 12.3. The quantitative estimate of drug-likeness (QED) is 0.494. The second-order valence-corrected chi connectivity index (χ2v) is 8.21. The number of hydrogen-bond acceptors (Lipinski definition) is 3. The molecule has 0 fully saturated rings. The van der Waals surface area contributed by atoms with Crippen LogP contribution in [0.4, 0.5) is 15.8 Å². The number of para-hydroxylation sites is 1. The van der Waals surface area contributed by atoms with E-state index in [9.17, 15) is 14.0 Å². The van der Waals surface area contributed by atoms with Gasteiger partial charge in [-0.3, -0.25) is 9.59 Å². The van der Waals surface area contributed by atoms with Crippen molar-refractivity contribution in [2.75, 3.05) is 16.3 Å². The first-order valence-electron chi connectivity index (χ1n) is 9.64. The van der Waals surface area contributed by atoms with E-state index >= 15 is 0 Å². The zero-order valence-corrected chi connectivity index (χ0v) is 17.6. The lowest BCUT2D eigenvalue weighted by Gasteiger charge is -2.22. The van der Waals surface area contributed by atoms with E-state index in [1.54, 1.807) is 0 Å². The van der Waals surface area contributed by atoms with Gasteiger partial charge in [-0.2, -0.15) is 0 Å². The minimum absolute atomic E-state index is 0.220. The Balaban J connectivity index is 1.69. The fourth-order valence-corrected chi connectivity index (χ4v) is 4.63. The molecule has 0 spiro atoms. The second-order valence-electron chi connectivity index (χ2n) is 7.33. The molecule has 0 saturated carbocycles. The van der Waals surface area contributed by atoms with Crippen LogP contribution >= 0.6 is 23.2 Å². The van der Waals surface area contributed by atoms with Crippen LogP contribution in [0, 0.1) is 5.82 Å². The summed E-state index contributed by atoms with van der Waals surface area (Å²) < 4.78 is 13.6. The van der Waals surface area contributed by atoms with Gasteiger partial charge in [-0.15, -0.1) is 0 Å². The molecule has 154 valence electrons. The molecule has 0 saturated heterocycles. The average molecular weight is 453 g/mol. The Morgan fingerprint density at radius 2 is 1.52 bits per heavy atom. The number of amides is 2. The van der Waals surface area contributed by atoms with E-state index in [1.807, 2.05) is 29.2 Å². The maximum absolute atomic E-state index is 13.6. The molecule has 0 unspecified atom stereocenters. The highest BCUT2D eigenvalue weighted by Gasteiger charge is 2.44. The molecule has 2 amide bonds. The van der Waals surface area contributed by atoms with E-state index in [-0.39, 0.29) is 17.0 Å². The van der Waals surface area contributed by atoms with Crippen LogP contribution in [0.15, 0.2) is 72.4 Å². The van der Waals surface area contributed by atoms with E-state index < -0.39 is 17.6 Å². The SMILES string of the molecule is O=C1C(c2ccc(F)cc2)=C(N2CCc3ccccc32)C(=O)N1c1cc(Cl)cc(Cl)c1. The van der Waals surface area contributed by atoms with Crippen molar-refractivity contribution >= 4 is 52.0 Å². The predicted octanol–water partition coefficient (Wildman–Crippen LogP) is 5.48. The Labute approximate surface area is 188 Å². The number of nitrogens with zero attached hydrogens (tertiary/aromatic N) is 2. The Hall–Kier alpha value is -3.15. The van der Waals surface area contributed by atoms with Crippen molar-refractivity contribution in [1.82, 2.24) is 0 Å². The molecule has 2 heterocycles. The molecule has 31 heavy (non-hydrogen) atoms. The normalized spacial score (nSPS) is 15.8. The van der Waals surface area contributed by atoms with Gasteiger partial charge in [-0.05, 0) is 53.9 Å². The summed E-state index contributed by atoms with van der Waals surface area (Å²) in [6.45, 7) is 0.558. The molecule has 0 atom stereocenters. The lowest BCUT2D eigenvalue weighted by Crippen LogP contribution is -2.34. The number of rotatable bonds is 3. The van der Waals surface area contributed by atoms with Crippen molar-refractivity contribution in [1.29, 1.82) is 0 Å². The lowest BCUT2D eigenvalue weighted by atomic mass is 10.0.